The van der Waals surface area contributed by atoms with Gasteiger partial charge in [-0.25, -0.2) is 0 Å². The van der Waals surface area contributed by atoms with E-state index in [0.29, 0.717) is 13.0 Å². The van der Waals surface area contributed by atoms with Crippen LogP contribution in [-0.2, 0) is 20.7 Å². The smallest absolute Gasteiger partial charge is 0.325 e. The number of nitrogens with one attached hydrogen (secondary N) is 1. The van der Waals surface area contributed by atoms with E-state index in [-0.39, 0.29) is 18.4 Å². The number of amides is 1. The number of esters is 1. The van der Waals surface area contributed by atoms with Crippen LogP contribution in [0, 0.1) is 0 Å². The molecule has 1 aromatic carbocycles. The van der Waals surface area contributed by atoms with E-state index < -0.39 is 0 Å². The van der Waals surface area contributed by atoms with Crippen LogP contribution in [0.3, 0.4) is 0 Å². The molecule has 1 aromatic rings. The summed E-state index contributed by atoms with van der Waals surface area (Å²) < 4.78 is 4.90. The number of rotatable bonds is 4. The molecular formula is C13H16N2O3. The van der Waals surface area contributed by atoms with Gasteiger partial charge in [-0.2, -0.15) is 0 Å². The molecule has 0 fully saturated rings. The number of carbonyl (C=O) groups is 2. The highest BCUT2D eigenvalue weighted by molar-refractivity contribution is 5.99. The molecule has 1 N–H and O–H groups in total. The summed E-state index contributed by atoms with van der Waals surface area (Å²) in [5.41, 5.74) is 2.72. The van der Waals surface area contributed by atoms with Crippen molar-refractivity contribution in [2.75, 3.05) is 30.4 Å². The number of anilines is 2. The first-order valence-electron chi connectivity index (χ1n) is 5.89. The number of hydrogen-bond donors (Lipinski definition) is 1. The van der Waals surface area contributed by atoms with Gasteiger partial charge >= 0.3 is 5.97 Å². The number of carbonyl (C=O) groups excluding carboxylic acids is 2. The SMILES string of the molecule is CCOC(=O)CN(C)c1ccc2c(c1)CC(=O)N2. The van der Waals surface area contributed by atoms with Crippen LogP contribution in [0.2, 0.25) is 0 Å². The second-order valence-corrected chi connectivity index (χ2v) is 4.23. The first-order chi connectivity index (χ1) is 8.60. The lowest BCUT2D eigenvalue weighted by Gasteiger charge is -2.18. The zero-order valence-corrected chi connectivity index (χ0v) is 10.5. The van der Waals surface area contributed by atoms with Crippen molar-refractivity contribution >= 4 is 23.3 Å². The normalized spacial score (nSPS) is 12.9. The third-order valence-electron chi connectivity index (χ3n) is 2.83. The number of nitrogens with zero attached hydrogens (tertiary/aromatic N) is 1. The van der Waals surface area contributed by atoms with Gasteiger partial charge in [0.1, 0.15) is 6.54 Å². The minimum absolute atomic E-state index is 0.00944. The first kappa shape index (κ1) is 12.4. The number of ether oxygens (including phenoxy) is 1. The third kappa shape index (κ3) is 2.61. The number of hydrogen-bond acceptors (Lipinski definition) is 4. The van der Waals surface area contributed by atoms with Crippen molar-refractivity contribution in [1.82, 2.24) is 0 Å². The highest BCUT2D eigenvalue weighted by Crippen LogP contribution is 2.27. The Morgan fingerprint density at radius 1 is 1.50 bits per heavy atom. The van der Waals surface area contributed by atoms with Crippen LogP contribution in [0.15, 0.2) is 18.2 Å². The van der Waals surface area contributed by atoms with Crippen molar-refractivity contribution in [2.45, 2.75) is 13.3 Å². The standard InChI is InChI=1S/C13H16N2O3/c1-3-18-13(17)8-15(2)10-4-5-11-9(6-10)7-12(16)14-11/h4-6H,3,7-8H2,1-2H3,(H,14,16). The van der Waals surface area contributed by atoms with Gasteiger partial charge in [0.15, 0.2) is 0 Å². The molecule has 5 heteroatoms. The molecule has 1 aliphatic rings. The molecule has 0 saturated carbocycles. The molecule has 0 aromatic heterocycles. The Hall–Kier alpha value is -2.04. The van der Waals surface area contributed by atoms with Crippen molar-refractivity contribution in [3.05, 3.63) is 23.8 Å². The molecule has 0 atom stereocenters. The second-order valence-electron chi connectivity index (χ2n) is 4.23. The van der Waals surface area contributed by atoms with Gasteiger partial charge in [-0.1, -0.05) is 0 Å². The van der Waals surface area contributed by atoms with Crippen LogP contribution in [0.5, 0.6) is 0 Å². The fraction of sp³-hybridized carbons (Fsp3) is 0.385. The fourth-order valence-electron chi connectivity index (χ4n) is 1.94. The van der Waals surface area contributed by atoms with E-state index in [4.69, 9.17) is 4.74 Å². The van der Waals surface area contributed by atoms with Gasteiger partial charge < -0.3 is 15.0 Å². The Bertz CT molecular complexity index is 485. The molecular weight excluding hydrogens is 232 g/mol. The van der Waals surface area contributed by atoms with Crippen LogP contribution in [0.1, 0.15) is 12.5 Å². The van der Waals surface area contributed by atoms with Crippen LogP contribution >= 0.6 is 0 Å². The molecule has 1 heterocycles. The van der Waals surface area contributed by atoms with Crippen molar-refractivity contribution < 1.29 is 14.3 Å². The molecule has 1 aliphatic heterocycles. The van der Waals surface area contributed by atoms with Crippen LogP contribution in [0.4, 0.5) is 11.4 Å². The molecule has 0 bridgehead atoms. The van der Waals surface area contributed by atoms with E-state index in [1.54, 1.807) is 11.8 Å². The number of benzene rings is 1. The first-order valence-corrected chi connectivity index (χ1v) is 5.89. The Kier molecular flexibility index (Phi) is 3.50. The summed E-state index contributed by atoms with van der Waals surface area (Å²) in [6.45, 7) is 2.37. The molecule has 0 unspecified atom stereocenters. The Morgan fingerprint density at radius 3 is 3.00 bits per heavy atom. The fourth-order valence-corrected chi connectivity index (χ4v) is 1.94. The maximum atomic E-state index is 11.4. The van der Waals surface area contributed by atoms with Crippen molar-refractivity contribution in [2.24, 2.45) is 0 Å². The maximum absolute atomic E-state index is 11.4. The quantitative estimate of drug-likeness (QED) is 0.813. The van der Waals surface area contributed by atoms with Gasteiger partial charge in [0, 0.05) is 18.4 Å². The second kappa shape index (κ2) is 5.08. The minimum atomic E-state index is -0.255. The van der Waals surface area contributed by atoms with E-state index in [2.05, 4.69) is 5.32 Å². The van der Waals surface area contributed by atoms with Crippen molar-refractivity contribution in [3.63, 3.8) is 0 Å². The maximum Gasteiger partial charge on any atom is 0.325 e. The van der Waals surface area contributed by atoms with E-state index >= 15 is 0 Å². The lowest BCUT2D eigenvalue weighted by Crippen LogP contribution is -2.27. The van der Waals surface area contributed by atoms with E-state index in [9.17, 15) is 9.59 Å². The molecule has 18 heavy (non-hydrogen) atoms. The molecule has 0 saturated heterocycles. The summed E-state index contributed by atoms with van der Waals surface area (Å²) in [4.78, 5) is 24.4. The summed E-state index contributed by atoms with van der Waals surface area (Å²) in [7, 11) is 1.82. The Morgan fingerprint density at radius 2 is 2.28 bits per heavy atom. The minimum Gasteiger partial charge on any atom is -0.465 e. The number of likely N-dealkylation sites (N-methyl/N-ethyl adjacent to an activating group) is 1. The van der Waals surface area contributed by atoms with Gasteiger partial charge in [-0.15, -0.1) is 0 Å². The largest absolute Gasteiger partial charge is 0.465 e. The lowest BCUT2D eigenvalue weighted by molar-refractivity contribution is -0.141. The highest BCUT2D eigenvalue weighted by Gasteiger charge is 2.18. The average molecular weight is 248 g/mol. The molecule has 5 nitrogen and oxygen atoms in total. The topological polar surface area (TPSA) is 58.6 Å². The Balaban J connectivity index is 2.08. The number of fused-ring (bicyclic) bond motifs is 1. The molecule has 2 rings (SSSR count). The molecule has 96 valence electrons. The van der Waals surface area contributed by atoms with Crippen LogP contribution in [0.25, 0.3) is 0 Å². The van der Waals surface area contributed by atoms with Gasteiger partial charge in [0.25, 0.3) is 0 Å². The monoisotopic (exact) mass is 248 g/mol. The van der Waals surface area contributed by atoms with E-state index in [1.807, 2.05) is 25.2 Å². The summed E-state index contributed by atoms with van der Waals surface area (Å²) in [6, 6.07) is 5.66. The van der Waals surface area contributed by atoms with Crippen LogP contribution < -0.4 is 10.2 Å². The van der Waals surface area contributed by atoms with E-state index in [0.717, 1.165) is 16.9 Å². The molecule has 0 radical (unpaired) electrons. The summed E-state index contributed by atoms with van der Waals surface area (Å²) in [6.07, 6.45) is 0.399. The van der Waals surface area contributed by atoms with Crippen molar-refractivity contribution in [1.29, 1.82) is 0 Å². The van der Waals surface area contributed by atoms with Gasteiger partial charge in [0.2, 0.25) is 5.91 Å². The Labute approximate surface area is 106 Å². The summed E-state index contributed by atoms with van der Waals surface area (Å²) in [5.74, 6) is -0.245. The zero-order chi connectivity index (χ0) is 13.1. The molecule has 1 amide bonds. The zero-order valence-electron chi connectivity index (χ0n) is 10.5. The summed E-state index contributed by atoms with van der Waals surface area (Å²) in [5, 5.41) is 2.78. The average Bonchev–Trinajstić information content (AvgIpc) is 2.68. The predicted octanol–water partition coefficient (Wildman–Crippen LogP) is 1.18. The molecule has 0 spiro atoms. The third-order valence-corrected chi connectivity index (χ3v) is 2.83. The van der Waals surface area contributed by atoms with Gasteiger partial charge in [-0.05, 0) is 30.7 Å². The van der Waals surface area contributed by atoms with Crippen molar-refractivity contribution in [3.8, 4) is 0 Å². The highest BCUT2D eigenvalue weighted by atomic mass is 16.5. The predicted molar refractivity (Wildman–Crippen MR) is 68.7 cm³/mol. The lowest BCUT2D eigenvalue weighted by atomic mass is 10.1. The summed E-state index contributed by atoms with van der Waals surface area (Å²) >= 11 is 0. The van der Waals surface area contributed by atoms with E-state index in [1.165, 1.54) is 0 Å². The van der Waals surface area contributed by atoms with Gasteiger partial charge in [0.05, 0.1) is 13.0 Å². The molecule has 0 aliphatic carbocycles. The van der Waals surface area contributed by atoms with Crippen LogP contribution in [-0.4, -0.2) is 32.1 Å². The van der Waals surface area contributed by atoms with Gasteiger partial charge in [-0.3, -0.25) is 9.59 Å².